The van der Waals surface area contributed by atoms with Crippen molar-refractivity contribution < 1.29 is 19.1 Å². The van der Waals surface area contributed by atoms with Crippen LogP contribution in [-0.2, 0) is 19.1 Å². The summed E-state index contributed by atoms with van der Waals surface area (Å²) in [6, 6.07) is 7.01. The summed E-state index contributed by atoms with van der Waals surface area (Å²) in [5.41, 5.74) is 0.585. The number of carbonyl (C=O) groups is 2. The minimum atomic E-state index is -1.24. The van der Waals surface area contributed by atoms with Crippen molar-refractivity contribution in [2.75, 3.05) is 18.5 Å². The number of anilines is 1. The quantitative estimate of drug-likeness (QED) is 0.642. The van der Waals surface area contributed by atoms with Crippen molar-refractivity contribution in [2.45, 2.75) is 20.0 Å². The second-order valence-electron chi connectivity index (χ2n) is 3.58. The standard InChI is InChI=1S/C13H16BrNO4/c1-3-18-11(13(17)19-4-2)12(16)15-10-7-5-9(14)6-8-10/h5-8,11H,3-4H2,1-2H3,(H,15,16). The average molecular weight is 330 g/mol. The molecule has 1 rings (SSSR count). The van der Waals surface area contributed by atoms with Gasteiger partial charge < -0.3 is 14.8 Å². The van der Waals surface area contributed by atoms with Gasteiger partial charge in [-0.1, -0.05) is 15.9 Å². The molecule has 19 heavy (non-hydrogen) atoms. The largest absolute Gasteiger partial charge is 0.464 e. The second kappa shape index (κ2) is 7.91. The Balaban J connectivity index is 2.71. The maximum atomic E-state index is 12.0. The van der Waals surface area contributed by atoms with Crippen molar-refractivity contribution in [2.24, 2.45) is 0 Å². The van der Waals surface area contributed by atoms with Crippen LogP contribution in [0.3, 0.4) is 0 Å². The van der Waals surface area contributed by atoms with Gasteiger partial charge in [-0.2, -0.15) is 0 Å². The molecule has 0 heterocycles. The number of amides is 1. The van der Waals surface area contributed by atoms with E-state index < -0.39 is 18.0 Å². The number of ether oxygens (including phenoxy) is 2. The molecule has 0 radical (unpaired) electrons. The molecule has 104 valence electrons. The fourth-order valence-electron chi connectivity index (χ4n) is 1.38. The summed E-state index contributed by atoms with van der Waals surface area (Å²) in [6.07, 6.45) is -1.24. The average Bonchev–Trinajstić information content (AvgIpc) is 2.38. The predicted octanol–water partition coefficient (Wildman–Crippen LogP) is 2.36. The Morgan fingerprint density at radius 2 is 1.84 bits per heavy atom. The molecular weight excluding hydrogens is 314 g/mol. The Kier molecular flexibility index (Phi) is 6.52. The first-order chi connectivity index (χ1) is 9.08. The molecule has 0 bridgehead atoms. The molecule has 0 spiro atoms. The number of hydrogen-bond donors (Lipinski definition) is 1. The Bertz CT molecular complexity index is 433. The van der Waals surface area contributed by atoms with E-state index in [0.29, 0.717) is 5.69 Å². The lowest BCUT2D eigenvalue weighted by Crippen LogP contribution is -2.38. The van der Waals surface area contributed by atoms with E-state index in [1.54, 1.807) is 38.1 Å². The van der Waals surface area contributed by atoms with Crippen LogP contribution in [0, 0.1) is 0 Å². The van der Waals surface area contributed by atoms with E-state index in [2.05, 4.69) is 21.2 Å². The zero-order chi connectivity index (χ0) is 14.3. The van der Waals surface area contributed by atoms with Crippen LogP contribution in [0.15, 0.2) is 28.7 Å². The molecule has 0 aliphatic carbocycles. The Labute approximate surface area is 120 Å². The number of esters is 1. The summed E-state index contributed by atoms with van der Waals surface area (Å²) < 4.78 is 10.8. The lowest BCUT2D eigenvalue weighted by molar-refractivity contribution is -0.160. The summed E-state index contributed by atoms with van der Waals surface area (Å²) in [5.74, 6) is -1.22. The maximum absolute atomic E-state index is 12.0. The number of carbonyl (C=O) groups excluding carboxylic acids is 2. The number of nitrogens with one attached hydrogen (secondary N) is 1. The molecule has 1 aromatic carbocycles. The molecule has 1 atom stereocenters. The van der Waals surface area contributed by atoms with Gasteiger partial charge in [0.05, 0.1) is 6.61 Å². The summed E-state index contributed by atoms with van der Waals surface area (Å²) in [5, 5.41) is 2.61. The van der Waals surface area contributed by atoms with Crippen LogP contribution in [-0.4, -0.2) is 31.2 Å². The lowest BCUT2D eigenvalue weighted by Gasteiger charge is -2.15. The maximum Gasteiger partial charge on any atom is 0.345 e. The van der Waals surface area contributed by atoms with E-state index in [4.69, 9.17) is 9.47 Å². The Morgan fingerprint density at radius 1 is 1.21 bits per heavy atom. The molecule has 6 heteroatoms. The molecule has 0 saturated carbocycles. The summed E-state index contributed by atoms with van der Waals surface area (Å²) in [4.78, 5) is 23.6. The molecule has 1 unspecified atom stereocenters. The molecule has 0 saturated heterocycles. The Hall–Kier alpha value is -1.40. The minimum absolute atomic E-state index is 0.202. The molecular formula is C13H16BrNO4. The number of halogens is 1. The van der Waals surface area contributed by atoms with Gasteiger partial charge in [0.25, 0.3) is 5.91 Å². The van der Waals surface area contributed by atoms with Crippen molar-refractivity contribution in [3.05, 3.63) is 28.7 Å². The number of benzene rings is 1. The highest BCUT2D eigenvalue weighted by Gasteiger charge is 2.28. The lowest BCUT2D eigenvalue weighted by atomic mass is 10.3. The molecule has 5 nitrogen and oxygen atoms in total. The highest BCUT2D eigenvalue weighted by atomic mass is 79.9. The second-order valence-corrected chi connectivity index (χ2v) is 4.50. The van der Waals surface area contributed by atoms with Gasteiger partial charge in [0.15, 0.2) is 0 Å². The van der Waals surface area contributed by atoms with E-state index in [1.165, 1.54) is 0 Å². The molecule has 1 amide bonds. The van der Waals surface area contributed by atoms with Gasteiger partial charge in [0, 0.05) is 16.8 Å². The highest BCUT2D eigenvalue weighted by molar-refractivity contribution is 9.10. The van der Waals surface area contributed by atoms with Gasteiger partial charge >= 0.3 is 5.97 Å². The van der Waals surface area contributed by atoms with Crippen LogP contribution in [0.1, 0.15) is 13.8 Å². The molecule has 1 aromatic rings. The SMILES string of the molecule is CCOC(=O)C(OCC)C(=O)Nc1ccc(Br)cc1. The van der Waals surface area contributed by atoms with Gasteiger partial charge in [-0.05, 0) is 38.1 Å². The molecule has 0 aliphatic rings. The van der Waals surface area contributed by atoms with Crippen molar-refractivity contribution in [3.63, 3.8) is 0 Å². The monoisotopic (exact) mass is 329 g/mol. The van der Waals surface area contributed by atoms with Gasteiger partial charge in [0.2, 0.25) is 6.10 Å². The van der Waals surface area contributed by atoms with E-state index >= 15 is 0 Å². The zero-order valence-corrected chi connectivity index (χ0v) is 12.4. The highest BCUT2D eigenvalue weighted by Crippen LogP contribution is 2.14. The third-order valence-corrected chi connectivity index (χ3v) is 2.71. The summed E-state index contributed by atoms with van der Waals surface area (Å²) in [6.45, 7) is 3.83. The van der Waals surface area contributed by atoms with Crippen molar-refractivity contribution in [1.29, 1.82) is 0 Å². The normalized spacial score (nSPS) is 11.7. The smallest absolute Gasteiger partial charge is 0.345 e. The van der Waals surface area contributed by atoms with Gasteiger partial charge in [-0.15, -0.1) is 0 Å². The first kappa shape index (κ1) is 15.7. The van der Waals surface area contributed by atoms with Crippen molar-refractivity contribution in [3.8, 4) is 0 Å². The summed E-state index contributed by atoms with van der Waals surface area (Å²) in [7, 11) is 0. The predicted molar refractivity (Wildman–Crippen MR) is 74.8 cm³/mol. The minimum Gasteiger partial charge on any atom is -0.464 e. The first-order valence-electron chi connectivity index (χ1n) is 5.93. The third kappa shape index (κ3) is 5.00. The van der Waals surface area contributed by atoms with Crippen LogP contribution in [0.2, 0.25) is 0 Å². The van der Waals surface area contributed by atoms with Crippen molar-refractivity contribution in [1.82, 2.24) is 0 Å². The topological polar surface area (TPSA) is 64.6 Å². The fourth-order valence-corrected chi connectivity index (χ4v) is 1.64. The number of rotatable bonds is 6. The van der Waals surface area contributed by atoms with Crippen LogP contribution >= 0.6 is 15.9 Å². The molecule has 1 N–H and O–H groups in total. The van der Waals surface area contributed by atoms with Crippen LogP contribution in [0.25, 0.3) is 0 Å². The van der Waals surface area contributed by atoms with Crippen LogP contribution < -0.4 is 5.32 Å². The number of hydrogen-bond acceptors (Lipinski definition) is 4. The zero-order valence-electron chi connectivity index (χ0n) is 10.8. The summed E-state index contributed by atoms with van der Waals surface area (Å²) >= 11 is 3.30. The molecule has 0 aromatic heterocycles. The van der Waals surface area contributed by atoms with Crippen LogP contribution in [0.5, 0.6) is 0 Å². The third-order valence-electron chi connectivity index (χ3n) is 2.18. The van der Waals surface area contributed by atoms with E-state index in [0.717, 1.165) is 4.47 Å². The van der Waals surface area contributed by atoms with Crippen LogP contribution in [0.4, 0.5) is 5.69 Å². The van der Waals surface area contributed by atoms with Crippen molar-refractivity contribution >= 4 is 33.5 Å². The Morgan fingerprint density at radius 3 is 2.37 bits per heavy atom. The van der Waals surface area contributed by atoms with E-state index in [1.807, 2.05) is 0 Å². The van der Waals surface area contributed by atoms with Gasteiger partial charge in [0.1, 0.15) is 0 Å². The van der Waals surface area contributed by atoms with E-state index in [9.17, 15) is 9.59 Å². The first-order valence-corrected chi connectivity index (χ1v) is 6.72. The van der Waals surface area contributed by atoms with E-state index in [-0.39, 0.29) is 13.2 Å². The molecule has 0 aliphatic heterocycles. The van der Waals surface area contributed by atoms with Gasteiger partial charge in [-0.25, -0.2) is 4.79 Å². The molecule has 0 fully saturated rings. The van der Waals surface area contributed by atoms with Gasteiger partial charge in [-0.3, -0.25) is 4.79 Å². The fraction of sp³-hybridized carbons (Fsp3) is 0.385.